The van der Waals surface area contributed by atoms with E-state index < -0.39 is 0 Å². The molecular weight excluding hydrogens is 296 g/mol. The van der Waals surface area contributed by atoms with Gasteiger partial charge < -0.3 is 4.90 Å². The van der Waals surface area contributed by atoms with Crippen LogP contribution in [-0.2, 0) is 17.8 Å². The van der Waals surface area contributed by atoms with Crippen molar-refractivity contribution in [3.8, 4) is 0 Å². The van der Waals surface area contributed by atoms with Crippen LogP contribution in [-0.4, -0.2) is 38.2 Å². The summed E-state index contributed by atoms with van der Waals surface area (Å²) < 4.78 is 2.03. The Morgan fingerprint density at radius 2 is 2.32 bits per heavy atom. The van der Waals surface area contributed by atoms with Gasteiger partial charge in [-0.3, -0.25) is 9.48 Å². The van der Waals surface area contributed by atoms with Gasteiger partial charge in [0.25, 0.3) is 0 Å². The zero-order chi connectivity index (χ0) is 15.5. The van der Waals surface area contributed by atoms with E-state index in [9.17, 15) is 4.79 Å². The molecule has 0 unspecified atom stereocenters. The van der Waals surface area contributed by atoms with Crippen LogP contribution in [0.2, 0.25) is 0 Å². The second-order valence-electron chi connectivity index (χ2n) is 5.97. The molecule has 3 rings (SSSR count). The summed E-state index contributed by atoms with van der Waals surface area (Å²) in [6.07, 6.45) is 3.45. The van der Waals surface area contributed by atoms with Gasteiger partial charge in [0.2, 0.25) is 5.91 Å². The molecule has 1 atom stereocenters. The Bertz CT molecular complexity index is 635. The first-order chi connectivity index (χ1) is 10.6. The van der Waals surface area contributed by atoms with Crippen molar-refractivity contribution in [1.29, 1.82) is 0 Å². The lowest BCUT2D eigenvalue weighted by Gasteiger charge is -2.25. The Hall–Kier alpha value is -1.69. The minimum Gasteiger partial charge on any atom is -0.338 e. The van der Waals surface area contributed by atoms with Gasteiger partial charge in [-0.1, -0.05) is 0 Å². The molecule has 1 aliphatic rings. The highest BCUT2D eigenvalue weighted by molar-refractivity contribution is 7.07. The van der Waals surface area contributed by atoms with Crippen LogP contribution in [0.1, 0.15) is 36.3 Å². The number of hydrogen-bond acceptors (Lipinski definition) is 4. The van der Waals surface area contributed by atoms with Gasteiger partial charge in [0.1, 0.15) is 0 Å². The lowest BCUT2D eigenvalue weighted by atomic mass is 10.2. The molecule has 0 spiro atoms. The van der Waals surface area contributed by atoms with Crippen molar-refractivity contribution in [2.75, 3.05) is 6.54 Å². The van der Waals surface area contributed by atoms with Crippen LogP contribution in [0.25, 0.3) is 0 Å². The van der Waals surface area contributed by atoms with Gasteiger partial charge in [-0.2, -0.15) is 5.10 Å². The Balaban J connectivity index is 1.60. The van der Waals surface area contributed by atoms with Crippen LogP contribution in [0, 0.1) is 13.8 Å². The molecule has 5 nitrogen and oxygen atoms in total. The van der Waals surface area contributed by atoms with E-state index in [0.717, 1.165) is 43.7 Å². The molecule has 0 radical (unpaired) electrons. The number of carbonyl (C=O) groups is 1. The Labute approximate surface area is 135 Å². The van der Waals surface area contributed by atoms with E-state index in [1.54, 1.807) is 11.3 Å². The summed E-state index contributed by atoms with van der Waals surface area (Å²) in [6, 6.07) is 2.37. The molecule has 0 aliphatic carbocycles. The minimum absolute atomic E-state index is 0.247. The normalized spacial score (nSPS) is 18.1. The van der Waals surface area contributed by atoms with Gasteiger partial charge in [-0.15, -0.1) is 11.3 Å². The predicted molar refractivity (Wildman–Crippen MR) is 86.9 cm³/mol. The van der Waals surface area contributed by atoms with E-state index in [4.69, 9.17) is 0 Å². The van der Waals surface area contributed by atoms with Gasteiger partial charge in [0, 0.05) is 24.0 Å². The smallest absolute Gasteiger partial charge is 0.223 e. The van der Waals surface area contributed by atoms with Gasteiger partial charge in [0.05, 0.1) is 29.5 Å². The van der Waals surface area contributed by atoms with Crippen LogP contribution in [0.5, 0.6) is 0 Å². The Morgan fingerprint density at radius 1 is 1.45 bits per heavy atom. The number of likely N-dealkylation sites (tertiary alicyclic amines) is 1. The van der Waals surface area contributed by atoms with Gasteiger partial charge in [-0.25, -0.2) is 4.98 Å². The quantitative estimate of drug-likeness (QED) is 0.851. The van der Waals surface area contributed by atoms with Crippen molar-refractivity contribution < 1.29 is 4.79 Å². The third-order valence-electron chi connectivity index (χ3n) is 4.26. The summed E-state index contributed by atoms with van der Waals surface area (Å²) in [5.74, 6) is 0.247. The molecule has 0 aromatic carbocycles. The van der Waals surface area contributed by atoms with E-state index in [1.807, 2.05) is 27.4 Å². The number of nitrogens with zero attached hydrogens (tertiary/aromatic N) is 4. The van der Waals surface area contributed by atoms with E-state index in [2.05, 4.69) is 23.1 Å². The molecule has 2 aromatic rings. The third kappa shape index (κ3) is 3.38. The van der Waals surface area contributed by atoms with Crippen molar-refractivity contribution in [2.24, 2.45) is 0 Å². The zero-order valence-corrected chi connectivity index (χ0v) is 14.0. The molecule has 2 aromatic heterocycles. The maximum atomic E-state index is 12.5. The second-order valence-corrected chi connectivity index (χ2v) is 6.69. The highest BCUT2D eigenvalue weighted by Gasteiger charge is 2.29. The molecule has 1 fully saturated rings. The highest BCUT2D eigenvalue weighted by Crippen LogP contribution is 2.21. The molecule has 0 N–H and O–H groups in total. The lowest BCUT2D eigenvalue weighted by molar-refractivity contribution is -0.132. The second kappa shape index (κ2) is 6.60. The van der Waals surface area contributed by atoms with Crippen LogP contribution in [0.4, 0.5) is 0 Å². The van der Waals surface area contributed by atoms with Crippen molar-refractivity contribution in [1.82, 2.24) is 19.7 Å². The Kier molecular flexibility index (Phi) is 4.57. The van der Waals surface area contributed by atoms with Crippen molar-refractivity contribution in [3.05, 3.63) is 34.0 Å². The van der Waals surface area contributed by atoms with E-state index in [0.29, 0.717) is 6.42 Å². The summed E-state index contributed by atoms with van der Waals surface area (Å²) in [4.78, 5) is 18.8. The maximum absolute atomic E-state index is 12.5. The summed E-state index contributed by atoms with van der Waals surface area (Å²) >= 11 is 1.58. The minimum atomic E-state index is 0.247. The number of hydrogen-bond donors (Lipinski definition) is 0. The standard InChI is InChI=1S/C16H22N4OS/c1-12-8-13(2)20(18-12)9-15-4-3-7-19(15)16(21)6-5-14-10-22-11-17-14/h8,10-11,15H,3-7,9H2,1-2H3/t15-/m1/s1. The molecule has 22 heavy (non-hydrogen) atoms. The number of amides is 1. The highest BCUT2D eigenvalue weighted by atomic mass is 32.1. The molecule has 1 amide bonds. The largest absolute Gasteiger partial charge is 0.338 e. The lowest BCUT2D eigenvalue weighted by Crippen LogP contribution is -2.38. The van der Waals surface area contributed by atoms with E-state index in [1.165, 1.54) is 5.69 Å². The molecule has 3 heterocycles. The fourth-order valence-electron chi connectivity index (χ4n) is 3.15. The summed E-state index contributed by atoms with van der Waals surface area (Å²) in [6.45, 7) is 5.76. The van der Waals surface area contributed by atoms with Gasteiger partial charge in [-0.05, 0) is 39.2 Å². The van der Waals surface area contributed by atoms with Crippen LogP contribution in [0.3, 0.4) is 0 Å². The summed E-state index contributed by atoms with van der Waals surface area (Å²) in [7, 11) is 0. The molecular formula is C16H22N4OS. The monoisotopic (exact) mass is 318 g/mol. The Morgan fingerprint density at radius 3 is 3.00 bits per heavy atom. The van der Waals surface area contributed by atoms with Gasteiger partial charge in [0.15, 0.2) is 0 Å². The number of rotatable bonds is 5. The zero-order valence-electron chi connectivity index (χ0n) is 13.2. The molecule has 6 heteroatoms. The van der Waals surface area contributed by atoms with Gasteiger partial charge >= 0.3 is 0 Å². The van der Waals surface area contributed by atoms with Crippen molar-refractivity contribution in [2.45, 2.75) is 52.1 Å². The van der Waals surface area contributed by atoms with Crippen molar-refractivity contribution in [3.63, 3.8) is 0 Å². The molecule has 1 saturated heterocycles. The topological polar surface area (TPSA) is 51.0 Å². The number of thiazole rings is 1. The van der Waals surface area contributed by atoms with Crippen molar-refractivity contribution >= 4 is 17.2 Å². The first-order valence-corrected chi connectivity index (χ1v) is 8.75. The SMILES string of the molecule is Cc1cc(C)n(C[C@H]2CCCN2C(=O)CCc2cscn2)n1. The predicted octanol–water partition coefficient (Wildman–Crippen LogP) is 2.58. The maximum Gasteiger partial charge on any atom is 0.223 e. The average molecular weight is 318 g/mol. The number of aryl methyl sites for hydroxylation is 3. The summed E-state index contributed by atoms with van der Waals surface area (Å²) in [5.41, 5.74) is 5.05. The first kappa shape index (κ1) is 15.2. The third-order valence-corrected chi connectivity index (χ3v) is 4.90. The average Bonchev–Trinajstić information content (AvgIpc) is 3.20. The summed E-state index contributed by atoms with van der Waals surface area (Å²) in [5, 5.41) is 6.54. The molecule has 1 aliphatic heterocycles. The van der Waals surface area contributed by atoms with Crippen LogP contribution in [0.15, 0.2) is 17.0 Å². The van der Waals surface area contributed by atoms with E-state index in [-0.39, 0.29) is 11.9 Å². The van der Waals surface area contributed by atoms with Crippen LogP contribution >= 0.6 is 11.3 Å². The molecule has 0 saturated carbocycles. The molecule has 0 bridgehead atoms. The molecule has 118 valence electrons. The fourth-order valence-corrected chi connectivity index (χ4v) is 3.75. The van der Waals surface area contributed by atoms with E-state index >= 15 is 0 Å². The van der Waals surface area contributed by atoms with Crippen LogP contribution < -0.4 is 0 Å². The fraction of sp³-hybridized carbons (Fsp3) is 0.562. The number of aromatic nitrogens is 3. The number of carbonyl (C=O) groups excluding carboxylic acids is 1. The first-order valence-electron chi connectivity index (χ1n) is 7.81.